The SMILES string of the molecule is CC1c2ccsc2CCN1CCCc1nc(CCl)cs1. The normalized spacial score (nSPS) is 19.2. The van der Waals surface area contributed by atoms with Crippen LogP contribution >= 0.6 is 34.3 Å². The molecule has 0 bridgehead atoms. The first-order valence-corrected chi connectivity index (χ1v) is 9.37. The van der Waals surface area contributed by atoms with Crippen molar-refractivity contribution < 1.29 is 0 Å². The van der Waals surface area contributed by atoms with E-state index in [0.717, 1.165) is 18.7 Å². The fourth-order valence-electron chi connectivity index (χ4n) is 2.83. The summed E-state index contributed by atoms with van der Waals surface area (Å²) in [6.45, 7) is 4.69. The van der Waals surface area contributed by atoms with Crippen LogP contribution in [-0.2, 0) is 18.7 Å². The van der Waals surface area contributed by atoms with E-state index >= 15 is 0 Å². The molecule has 1 aliphatic heterocycles. The van der Waals surface area contributed by atoms with E-state index in [-0.39, 0.29) is 0 Å². The number of aromatic nitrogens is 1. The molecule has 2 aromatic rings. The van der Waals surface area contributed by atoms with Crippen LogP contribution in [0, 0.1) is 0 Å². The zero-order chi connectivity index (χ0) is 13.9. The molecule has 3 heterocycles. The van der Waals surface area contributed by atoms with Crippen molar-refractivity contribution >= 4 is 34.3 Å². The third-order valence-corrected chi connectivity index (χ3v) is 6.20. The van der Waals surface area contributed by atoms with Gasteiger partial charge in [0.2, 0.25) is 0 Å². The van der Waals surface area contributed by atoms with E-state index < -0.39 is 0 Å². The lowest BCUT2D eigenvalue weighted by molar-refractivity contribution is 0.198. The summed E-state index contributed by atoms with van der Waals surface area (Å²) >= 11 is 9.44. The van der Waals surface area contributed by atoms with Gasteiger partial charge in [-0.05, 0) is 43.3 Å². The van der Waals surface area contributed by atoms with E-state index in [2.05, 4.69) is 33.6 Å². The van der Waals surface area contributed by atoms with Gasteiger partial charge in [0, 0.05) is 29.3 Å². The highest BCUT2D eigenvalue weighted by atomic mass is 35.5. The minimum Gasteiger partial charge on any atom is -0.296 e. The number of hydrogen-bond acceptors (Lipinski definition) is 4. The molecule has 5 heteroatoms. The van der Waals surface area contributed by atoms with Gasteiger partial charge < -0.3 is 0 Å². The molecule has 0 fully saturated rings. The summed E-state index contributed by atoms with van der Waals surface area (Å²) in [6.07, 6.45) is 3.46. The molecule has 1 unspecified atom stereocenters. The molecule has 0 spiro atoms. The van der Waals surface area contributed by atoms with Crippen molar-refractivity contribution in [1.29, 1.82) is 0 Å². The molecular formula is C15H19ClN2S2. The Labute approximate surface area is 133 Å². The predicted octanol–water partition coefficient (Wildman–Crippen LogP) is 4.50. The maximum Gasteiger partial charge on any atom is 0.0929 e. The largest absolute Gasteiger partial charge is 0.296 e. The summed E-state index contributed by atoms with van der Waals surface area (Å²) < 4.78 is 0. The zero-order valence-electron chi connectivity index (χ0n) is 11.6. The van der Waals surface area contributed by atoms with Gasteiger partial charge in [-0.1, -0.05) is 0 Å². The van der Waals surface area contributed by atoms with Crippen LogP contribution in [0.25, 0.3) is 0 Å². The predicted molar refractivity (Wildman–Crippen MR) is 88.0 cm³/mol. The van der Waals surface area contributed by atoms with E-state index in [1.165, 1.54) is 24.4 Å². The quantitative estimate of drug-likeness (QED) is 0.752. The monoisotopic (exact) mass is 326 g/mol. The lowest BCUT2D eigenvalue weighted by Gasteiger charge is -2.33. The van der Waals surface area contributed by atoms with Crippen LogP contribution in [0.2, 0.25) is 0 Å². The van der Waals surface area contributed by atoms with E-state index in [9.17, 15) is 0 Å². The number of hydrogen-bond donors (Lipinski definition) is 0. The topological polar surface area (TPSA) is 16.1 Å². The average Bonchev–Trinajstić information content (AvgIpc) is 3.10. The second-order valence-electron chi connectivity index (χ2n) is 5.23. The molecule has 0 amide bonds. The first kappa shape index (κ1) is 14.5. The molecule has 0 aromatic carbocycles. The summed E-state index contributed by atoms with van der Waals surface area (Å²) in [4.78, 5) is 8.71. The van der Waals surface area contributed by atoms with Gasteiger partial charge in [0.1, 0.15) is 0 Å². The van der Waals surface area contributed by atoms with Gasteiger partial charge in [0.15, 0.2) is 0 Å². The lowest BCUT2D eigenvalue weighted by Crippen LogP contribution is -2.34. The Morgan fingerprint density at radius 3 is 3.15 bits per heavy atom. The van der Waals surface area contributed by atoms with Crippen LogP contribution in [0.5, 0.6) is 0 Å². The van der Waals surface area contributed by atoms with Crippen molar-refractivity contribution in [1.82, 2.24) is 9.88 Å². The van der Waals surface area contributed by atoms with Crippen molar-refractivity contribution in [3.8, 4) is 0 Å². The summed E-state index contributed by atoms with van der Waals surface area (Å²) in [5.41, 5.74) is 2.56. The molecule has 20 heavy (non-hydrogen) atoms. The van der Waals surface area contributed by atoms with Crippen molar-refractivity contribution in [2.24, 2.45) is 0 Å². The molecule has 108 valence electrons. The maximum absolute atomic E-state index is 5.79. The van der Waals surface area contributed by atoms with Crippen LogP contribution in [0.1, 0.15) is 40.5 Å². The number of thiophene rings is 1. The highest BCUT2D eigenvalue weighted by molar-refractivity contribution is 7.10. The second-order valence-corrected chi connectivity index (χ2v) is 7.44. The fourth-order valence-corrected chi connectivity index (χ4v) is 4.86. The Morgan fingerprint density at radius 2 is 2.35 bits per heavy atom. The Hall–Kier alpha value is -0.420. The smallest absolute Gasteiger partial charge is 0.0929 e. The molecule has 2 nitrogen and oxygen atoms in total. The van der Waals surface area contributed by atoms with Crippen LogP contribution in [0.4, 0.5) is 0 Å². The Bertz CT molecular complexity index is 564. The van der Waals surface area contributed by atoms with Crippen LogP contribution in [-0.4, -0.2) is 23.0 Å². The molecule has 0 saturated heterocycles. The minimum atomic E-state index is 0.528. The average molecular weight is 327 g/mol. The standard InChI is InChI=1S/C15H19ClN2S2/c1-11-13-5-8-19-14(13)4-7-18(11)6-2-3-15-17-12(9-16)10-20-15/h5,8,10-11H,2-4,6-7,9H2,1H3. The molecule has 0 N–H and O–H groups in total. The Kier molecular flexibility index (Phi) is 4.76. The fraction of sp³-hybridized carbons (Fsp3) is 0.533. The zero-order valence-corrected chi connectivity index (χ0v) is 14.0. The third-order valence-electron chi connectivity index (χ3n) is 3.98. The summed E-state index contributed by atoms with van der Waals surface area (Å²) in [5, 5.41) is 5.53. The number of fused-ring (bicyclic) bond motifs is 1. The molecule has 1 atom stereocenters. The number of halogens is 1. The molecule has 0 radical (unpaired) electrons. The lowest BCUT2D eigenvalue weighted by atomic mass is 10.0. The first-order valence-electron chi connectivity index (χ1n) is 7.07. The molecule has 0 saturated carbocycles. The Morgan fingerprint density at radius 1 is 1.45 bits per heavy atom. The van der Waals surface area contributed by atoms with Crippen LogP contribution in [0.15, 0.2) is 16.8 Å². The van der Waals surface area contributed by atoms with Gasteiger partial charge in [-0.25, -0.2) is 4.98 Å². The highest BCUT2D eigenvalue weighted by Gasteiger charge is 2.23. The van der Waals surface area contributed by atoms with Gasteiger partial charge in [0.25, 0.3) is 0 Å². The molecule has 3 rings (SSSR count). The van der Waals surface area contributed by atoms with Crippen LogP contribution in [0.3, 0.4) is 0 Å². The van der Waals surface area contributed by atoms with Crippen molar-refractivity contribution in [2.45, 2.75) is 38.1 Å². The summed E-state index contributed by atoms with van der Waals surface area (Å²) in [7, 11) is 0. The van der Waals surface area contributed by atoms with Gasteiger partial charge >= 0.3 is 0 Å². The van der Waals surface area contributed by atoms with Gasteiger partial charge in [-0.2, -0.15) is 0 Å². The first-order chi connectivity index (χ1) is 9.78. The van der Waals surface area contributed by atoms with Crippen LogP contribution < -0.4 is 0 Å². The highest BCUT2D eigenvalue weighted by Crippen LogP contribution is 2.32. The van der Waals surface area contributed by atoms with E-state index in [4.69, 9.17) is 11.6 Å². The number of rotatable bonds is 5. The minimum absolute atomic E-state index is 0.528. The molecule has 1 aliphatic rings. The van der Waals surface area contributed by atoms with Gasteiger partial charge in [-0.15, -0.1) is 34.3 Å². The van der Waals surface area contributed by atoms with Crippen molar-refractivity contribution in [3.63, 3.8) is 0 Å². The second kappa shape index (κ2) is 6.56. The molecular weight excluding hydrogens is 308 g/mol. The Balaban J connectivity index is 1.52. The number of alkyl halides is 1. The van der Waals surface area contributed by atoms with E-state index in [1.54, 1.807) is 21.8 Å². The van der Waals surface area contributed by atoms with E-state index in [0.29, 0.717) is 11.9 Å². The number of nitrogens with zero attached hydrogens (tertiary/aromatic N) is 2. The van der Waals surface area contributed by atoms with E-state index in [1.807, 2.05) is 11.3 Å². The summed E-state index contributed by atoms with van der Waals surface area (Å²) in [5.74, 6) is 0.528. The molecule has 2 aromatic heterocycles. The third kappa shape index (κ3) is 3.08. The van der Waals surface area contributed by atoms with Gasteiger partial charge in [0.05, 0.1) is 16.6 Å². The molecule has 0 aliphatic carbocycles. The van der Waals surface area contributed by atoms with Gasteiger partial charge in [-0.3, -0.25) is 4.90 Å². The summed E-state index contributed by atoms with van der Waals surface area (Å²) in [6, 6.07) is 2.87. The van der Waals surface area contributed by atoms with Crippen molar-refractivity contribution in [3.05, 3.63) is 38.0 Å². The van der Waals surface area contributed by atoms with Crippen molar-refractivity contribution in [2.75, 3.05) is 13.1 Å². The maximum atomic E-state index is 5.79. The number of aryl methyl sites for hydroxylation is 1. The number of thiazole rings is 1.